The zero-order chi connectivity index (χ0) is 15.4. The SMILES string of the molecule is CCN(CC)c1nc(Cl)nc(-c2cc(F)cc(C#N)c2)n1. The molecule has 0 bridgehead atoms. The molecule has 1 heterocycles. The second kappa shape index (κ2) is 6.46. The minimum absolute atomic E-state index is 0.0321. The van der Waals surface area contributed by atoms with Gasteiger partial charge in [-0.2, -0.15) is 20.2 Å². The van der Waals surface area contributed by atoms with Gasteiger partial charge in [0.1, 0.15) is 5.82 Å². The lowest BCUT2D eigenvalue weighted by Gasteiger charge is -2.18. The molecule has 7 heteroatoms. The summed E-state index contributed by atoms with van der Waals surface area (Å²) in [6.45, 7) is 5.36. The highest BCUT2D eigenvalue weighted by atomic mass is 35.5. The topological polar surface area (TPSA) is 65.7 Å². The van der Waals surface area contributed by atoms with Crippen molar-refractivity contribution in [3.63, 3.8) is 0 Å². The number of anilines is 1. The van der Waals surface area contributed by atoms with Crippen LogP contribution in [0.25, 0.3) is 11.4 Å². The van der Waals surface area contributed by atoms with Crippen molar-refractivity contribution < 1.29 is 4.39 Å². The van der Waals surface area contributed by atoms with Crippen molar-refractivity contribution in [1.29, 1.82) is 5.26 Å². The first-order valence-corrected chi connectivity index (χ1v) is 6.82. The van der Waals surface area contributed by atoms with Crippen LogP contribution in [0.3, 0.4) is 0 Å². The highest BCUT2D eigenvalue weighted by molar-refractivity contribution is 6.28. The number of aromatic nitrogens is 3. The Morgan fingerprint density at radius 1 is 1.19 bits per heavy atom. The van der Waals surface area contributed by atoms with Crippen LogP contribution in [0.1, 0.15) is 19.4 Å². The lowest BCUT2D eigenvalue weighted by Crippen LogP contribution is -2.24. The summed E-state index contributed by atoms with van der Waals surface area (Å²) in [5.74, 6) is 0.149. The van der Waals surface area contributed by atoms with Gasteiger partial charge in [0.15, 0.2) is 5.82 Å². The van der Waals surface area contributed by atoms with Gasteiger partial charge in [-0.05, 0) is 43.6 Å². The fraction of sp³-hybridized carbons (Fsp3) is 0.286. The van der Waals surface area contributed by atoms with Gasteiger partial charge in [-0.25, -0.2) is 4.39 Å². The summed E-state index contributed by atoms with van der Waals surface area (Å²) in [6.07, 6.45) is 0. The van der Waals surface area contributed by atoms with Crippen molar-refractivity contribution in [2.24, 2.45) is 0 Å². The molecule has 108 valence electrons. The second-order valence-electron chi connectivity index (χ2n) is 4.24. The van der Waals surface area contributed by atoms with E-state index in [0.717, 1.165) is 6.07 Å². The van der Waals surface area contributed by atoms with Crippen molar-refractivity contribution in [3.8, 4) is 17.5 Å². The molecule has 0 aliphatic carbocycles. The van der Waals surface area contributed by atoms with Gasteiger partial charge in [-0.3, -0.25) is 0 Å². The summed E-state index contributed by atoms with van der Waals surface area (Å²) in [6, 6.07) is 5.83. The van der Waals surface area contributed by atoms with Crippen LogP contribution in [0, 0.1) is 17.1 Å². The zero-order valence-electron chi connectivity index (χ0n) is 11.6. The third-order valence-electron chi connectivity index (χ3n) is 2.93. The van der Waals surface area contributed by atoms with Gasteiger partial charge in [0.05, 0.1) is 11.6 Å². The Labute approximate surface area is 127 Å². The van der Waals surface area contributed by atoms with E-state index in [2.05, 4.69) is 15.0 Å². The number of benzene rings is 1. The number of hydrogen-bond donors (Lipinski definition) is 0. The molecule has 0 spiro atoms. The Morgan fingerprint density at radius 3 is 2.52 bits per heavy atom. The van der Waals surface area contributed by atoms with Crippen LogP contribution in [0.15, 0.2) is 18.2 Å². The number of nitriles is 1. The normalized spacial score (nSPS) is 10.2. The second-order valence-corrected chi connectivity index (χ2v) is 4.58. The van der Waals surface area contributed by atoms with E-state index in [-0.39, 0.29) is 16.7 Å². The third kappa shape index (κ3) is 3.44. The summed E-state index contributed by atoms with van der Waals surface area (Å²) >= 11 is 5.92. The Hall–Kier alpha value is -2.26. The average Bonchev–Trinajstić information content (AvgIpc) is 2.47. The van der Waals surface area contributed by atoms with E-state index < -0.39 is 5.82 Å². The maximum atomic E-state index is 13.5. The standard InChI is InChI=1S/C14H13ClFN5/c1-3-21(4-2)14-19-12(18-13(15)20-14)10-5-9(8-17)6-11(16)7-10/h5-7H,3-4H2,1-2H3. The van der Waals surface area contributed by atoms with Crippen molar-refractivity contribution in [1.82, 2.24) is 15.0 Å². The molecule has 0 radical (unpaired) electrons. The number of nitrogens with zero attached hydrogens (tertiary/aromatic N) is 5. The molecule has 5 nitrogen and oxygen atoms in total. The number of halogens is 2. The van der Waals surface area contributed by atoms with Gasteiger partial charge in [0.25, 0.3) is 0 Å². The van der Waals surface area contributed by atoms with Crippen molar-refractivity contribution in [2.75, 3.05) is 18.0 Å². The number of hydrogen-bond acceptors (Lipinski definition) is 5. The Balaban J connectivity index is 2.54. The Kier molecular flexibility index (Phi) is 4.66. The van der Waals surface area contributed by atoms with Gasteiger partial charge in [0.2, 0.25) is 11.2 Å². The molecular formula is C14H13ClFN5. The molecule has 21 heavy (non-hydrogen) atoms. The molecule has 1 aromatic carbocycles. The van der Waals surface area contributed by atoms with Crippen LogP contribution in [0.2, 0.25) is 5.28 Å². The van der Waals surface area contributed by atoms with Gasteiger partial charge < -0.3 is 4.90 Å². The van der Waals surface area contributed by atoms with E-state index in [0.29, 0.717) is 24.6 Å². The maximum Gasteiger partial charge on any atom is 0.230 e. The summed E-state index contributed by atoms with van der Waals surface area (Å²) in [5.41, 5.74) is 0.593. The zero-order valence-corrected chi connectivity index (χ0v) is 12.4. The smallest absolute Gasteiger partial charge is 0.230 e. The predicted octanol–water partition coefficient (Wildman–Crippen LogP) is 3.05. The van der Waals surface area contributed by atoms with Gasteiger partial charge >= 0.3 is 0 Å². The molecule has 0 fully saturated rings. The molecule has 0 N–H and O–H groups in total. The van der Waals surface area contributed by atoms with Crippen LogP contribution in [-0.4, -0.2) is 28.0 Å². The summed E-state index contributed by atoms with van der Waals surface area (Å²) in [5, 5.41) is 8.93. The monoisotopic (exact) mass is 305 g/mol. The van der Waals surface area contributed by atoms with E-state index in [1.54, 1.807) is 0 Å². The first kappa shape index (κ1) is 15.1. The van der Waals surface area contributed by atoms with E-state index in [1.165, 1.54) is 12.1 Å². The van der Waals surface area contributed by atoms with Gasteiger partial charge in [0, 0.05) is 18.7 Å². The van der Waals surface area contributed by atoms with Crippen molar-refractivity contribution in [3.05, 3.63) is 34.9 Å². The molecular weight excluding hydrogens is 293 g/mol. The Bertz CT molecular complexity index is 694. The highest BCUT2D eigenvalue weighted by Crippen LogP contribution is 2.22. The van der Waals surface area contributed by atoms with Gasteiger partial charge in [-0.1, -0.05) is 0 Å². The first-order valence-electron chi connectivity index (χ1n) is 6.45. The quantitative estimate of drug-likeness (QED) is 0.868. The van der Waals surface area contributed by atoms with Crippen LogP contribution >= 0.6 is 11.6 Å². The molecule has 0 aliphatic rings. The van der Waals surface area contributed by atoms with E-state index >= 15 is 0 Å². The van der Waals surface area contributed by atoms with E-state index in [9.17, 15) is 4.39 Å². The van der Waals surface area contributed by atoms with Crippen LogP contribution < -0.4 is 4.90 Å². The average molecular weight is 306 g/mol. The Morgan fingerprint density at radius 2 is 1.90 bits per heavy atom. The van der Waals surface area contributed by atoms with E-state index in [1.807, 2.05) is 24.8 Å². The van der Waals surface area contributed by atoms with Crippen LogP contribution in [0.5, 0.6) is 0 Å². The molecule has 0 unspecified atom stereocenters. The summed E-state index contributed by atoms with van der Waals surface area (Å²) in [4.78, 5) is 14.3. The molecule has 0 amide bonds. The number of rotatable bonds is 4. The van der Waals surface area contributed by atoms with Crippen LogP contribution in [-0.2, 0) is 0 Å². The third-order valence-corrected chi connectivity index (χ3v) is 3.10. The predicted molar refractivity (Wildman–Crippen MR) is 78.5 cm³/mol. The maximum absolute atomic E-state index is 13.5. The molecule has 0 aliphatic heterocycles. The molecule has 0 atom stereocenters. The highest BCUT2D eigenvalue weighted by Gasteiger charge is 2.13. The molecule has 2 aromatic rings. The van der Waals surface area contributed by atoms with Crippen molar-refractivity contribution in [2.45, 2.75) is 13.8 Å². The van der Waals surface area contributed by atoms with Crippen molar-refractivity contribution >= 4 is 17.5 Å². The molecule has 1 aromatic heterocycles. The minimum Gasteiger partial charge on any atom is -0.341 e. The summed E-state index contributed by atoms with van der Waals surface area (Å²) in [7, 11) is 0. The first-order chi connectivity index (χ1) is 10.1. The molecule has 0 saturated carbocycles. The largest absolute Gasteiger partial charge is 0.341 e. The fourth-order valence-corrected chi connectivity index (χ4v) is 2.06. The molecule has 0 saturated heterocycles. The lowest BCUT2D eigenvalue weighted by atomic mass is 10.1. The molecule has 2 rings (SSSR count). The van der Waals surface area contributed by atoms with E-state index in [4.69, 9.17) is 16.9 Å². The van der Waals surface area contributed by atoms with Crippen LogP contribution in [0.4, 0.5) is 10.3 Å². The fourth-order valence-electron chi connectivity index (χ4n) is 1.90. The van der Waals surface area contributed by atoms with Gasteiger partial charge in [-0.15, -0.1) is 0 Å². The summed E-state index contributed by atoms with van der Waals surface area (Å²) < 4.78 is 13.5. The minimum atomic E-state index is -0.523. The lowest BCUT2D eigenvalue weighted by molar-refractivity contribution is 0.627.